The van der Waals surface area contributed by atoms with Crippen molar-refractivity contribution in [3.8, 4) is 11.3 Å². The summed E-state index contributed by atoms with van der Waals surface area (Å²) < 4.78 is 5.66. The molecule has 3 aromatic rings. The van der Waals surface area contributed by atoms with E-state index in [1.807, 2.05) is 5.38 Å². The minimum absolute atomic E-state index is 0.0332. The molecule has 0 unspecified atom stereocenters. The van der Waals surface area contributed by atoms with Crippen LogP contribution in [0.15, 0.2) is 57.4 Å². The fourth-order valence-corrected chi connectivity index (χ4v) is 2.84. The van der Waals surface area contributed by atoms with Crippen molar-refractivity contribution in [1.82, 2.24) is 5.43 Å². The highest BCUT2D eigenvalue weighted by atomic mass is 32.1. The first kappa shape index (κ1) is 16.6. The zero-order valence-electron chi connectivity index (χ0n) is 13.1. The number of nitrogens with one attached hydrogen (secondary N) is 1. The van der Waals surface area contributed by atoms with Crippen molar-refractivity contribution in [3.63, 3.8) is 0 Å². The smallest absolute Gasteiger partial charge is 0.281 e. The van der Waals surface area contributed by atoms with Crippen molar-refractivity contribution in [2.45, 2.75) is 6.92 Å². The van der Waals surface area contributed by atoms with Crippen LogP contribution in [0.2, 0.25) is 0 Å². The highest BCUT2D eigenvalue weighted by Gasteiger charge is 2.12. The molecular weight excluding hydrogens is 342 g/mol. The predicted molar refractivity (Wildman–Crippen MR) is 94.9 cm³/mol. The van der Waals surface area contributed by atoms with Gasteiger partial charge in [0.2, 0.25) is 0 Å². The van der Waals surface area contributed by atoms with E-state index in [1.165, 1.54) is 29.7 Å². The first-order valence-corrected chi connectivity index (χ1v) is 8.15. The van der Waals surface area contributed by atoms with Crippen LogP contribution in [0.5, 0.6) is 0 Å². The fourth-order valence-electron chi connectivity index (χ4n) is 2.22. The van der Waals surface area contributed by atoms with E-state index in [9.17, 15) is 14.9 Å². The van der Waals surface area contributed by atoms with Gasteiger partial charge in [-0.2, -0.15) is 5.10 Å². The summed E-state index contributed by atoms with van der Waals surface area (Å²) in [6.07, 6.45) is 1.40. The number of nitro benzene ring substituents is 1. The third kappa shape index (κ3) is 3.81. The largest absolute Gasteiger partial charge is 0.455 e. The number of hydrogen-bond donors (Lipinski definition) is 1. The van der Waals surface area contributed by atoms with Gasteiger partial charge >= 0.3 is 0 Å². The van der Waals surface area contributed by atoms with Gasteiger partial charge in [-0.25, -0.2) is 5.43 Å². The van der Waals surface area contributed by atoms with E-state index in [-0.39, 0.29) is 11.6 Å². The Kier molecular flexibility index (Phi) is 4.71. The van der Waals surface area contributed by atoms with Gasteiger partial charge in [0, 0.05) is 17.7 Å². The maximum Gasteiger partial charge on any atom is 0.281 e. The Morgan fingerprint density at radius 1 is 1.32 bits per heavy atom. The molecule has 2 aromatic heterocycles. The van der Waals surface area contributed by atoms with Crippen LogP contribution in [0.25, 0.3) is 11.3 Å². The maximum atomic E-state index is 11.8. The van der Waals surface area contributed by atoms with Gasteiger partial charge < -0.3 is 4.42 Å². The Morgan fingerprint density at radius 3 is 2.84 bits per heavy atom. The number of furan rings is 1. The van der Waals surface area contributed by atoms with E-state index in [2.05, 4.69) is 10.5 Å². The molecule has 7 nitrogen and oxygen atoms in total. The third-order valence-corrected chi connectivity index (χ3v) is 4.28. The van der Waals surface area contributed by atoms with Crippen molar-refractivity contribution in [2.24, 2.45) is 5.10 Å². The van der Waals surface area contributed by atoms with E-state index in [4.69, 9.17) is 4.42 Å². The second-order valence-corrected chi connectivity index (χ2v) is 6.08. The van der Waals surface area contributed by atoms with Crippen molar-refractivity contribution in [2.75, 3.05) is 0 Å². The molecule has 0 saturated heterocycles. The Morgan fingerprint density at radius 2 is 2.16 bits per heavy atom. The molecule has 25 heavy (non-hydrogen) atoms. The number of nitrogens with zero attached hydrogens (tertiary/aromatic N) is 2. The Labute approximate surface area is 146 Å². The Bertz CT molecular complexity index is 945. The van der Waals surface area contributed by atoms with Gasteiger partial charge in [-0.1, -0.05) is 6.07 Å². The van der Waals surface area contributed by atoms with Crippen molar-refractivity contribution >= 4 is 29.1 Å². The van der Waals surface area contributed by atoms with Gasteiger partial charge in [0.15, 0.2) is 0 Å². The molecule has 0 fully saturated rings. The van der Waals surface area contributed by atoms with Crippen LogP contribution in [0.4, 0.5) is 5.69 Å². The van der Waals surface area contributed by atoms with Crippen LogP contribution in [-0.4, -0.2) is 17.0 Å². The highest BCUT2D eigenvalue weighted by Crippen LogP contribution is 2.28. The summed E-state index contributed by atoms with van der Waals surface area (Å²) >= 11 is 1.33. The molecule has 0 spiro atoms. The number of hydrogen-bond acceptors (Lipinski definition) is 6. The summed E-state index contributed by atoms with van der Waals surface area (Å²) in [5.74, 6) is 0.738. The van der Waals surface area contributed by atoms with Gasteiger partial charge in [-0.05, 0) is 42.1 Å². The predicted octanol–water partition coefficient (Wildman–Crippen LogP) is 3.99. The second-order valence-electron chi connectivity index (χ2n) is 5.13. The van der Waals surface area contributed by atoms with Crippen LogP contribution in [0, 0.1) is 17.0 Å². The molecular formula is C17H13N3O4S. The minimum Gasteiger partial charge on any atom is -0.455 e. The zero-order valence-corrected chi connectivity index (χ0v) is 13.9. The summed E-state index contributed by atoms with van der Waals surface area (Å²) in [6.45, 7) is 1.78. The maximum absolute atomic E-state index is 11.8. The van der Waals surface area contributed by atoms with Crippen LogP contribution in [0.1, 0.15) is 21.0 Å². The van der Waals surface area contributed by atoms with E-state index in [1.54, 1.807) is 37.3 Å². The van der Waals surface area contributed by atoms with E-state index in [0.29, 0.717) is 16.4 Å². The summed E-state index contributed by atoms with van der Waals surface area (Å²) in [5.41, 5.74) is 3.94. The molecule has 0 bridgehead atoms. The molecule has 1 amide bonds. The molecule has 8 heteroatoms. The van der Waals surface area contributed by atoms with Crippen LogP contribution in [0.3, 0.4) is 0 Å². The van der Waals surface area contributed by atoms with E-state index in [0.717, 1.165) is 11.1 Å². The average molecular weight is 355 g/mol. The quantitative estimate of drug-likeness (QED) is 0.425. The van der Waals surface area contributed by atoms with Gasteiger partial charge in [0.25, 0.3) is 11.6 Å². The molecule has 0 aliphatic heterocycles. The van der Waals surface area contributed by atoms with Crippen LogP contribution < -0.4 is 5.43 Å². The second kappa shape index (κ2) is 7.10. The molecule has 0 saturated carbocycles. The van der Waals surface area contributed by atoms with Gasteiger partial charge in [0.1, 0.15) is 11.5 Å². The van der Waals surface area contributed by atoms with Crippen LogP contribution >= 0.6 is 11.3 Å². The monoisotopic (exact) mass is 355 g/mol. The summed E-state index contributed by atoms with van der Waals surface area (Å²) in [4.78, 5) is 22.7. The molecule has 2 heterocycles. The fraction of sp³-hybridized carbons (Fsp3) is 0.0588. The lowest BCUT2D eigenvalue weighted by Gasteiger charge is -2.02. The standard InChI is InChI=1S/C17H13N3O4S/c1-11-9-12(20(22)23)4-6-14(11)15-7-5-13(24-15)10-18-19-17(21)16-3-2-8-25-16/h2-10H,1H3,(H,19,21)/b18-10-. The summed E-state index contributed by atoms with van der Waals surface area (Å²) in [5, 5.41) is 16.5. The molecule has 1 aromatic carbocycles. The summed E-state index contributed by atoms with van der Waals surface area (Å²) in [6, 6.07) is 11.5. The first-order chi connectivity index (χ1) is 12.0. The number of thiophene rings is 1. The molecule has 3 rings (SSSR count). The molecule has 0 radical (unpaired) electrons. The Hall–Kier alpha value is -3.26. The highest BCUT2D eigenvalue weighted by molar-refractivity contribution is 7.12. The minimum atomic E-state index is -0.437. The zero-order chi connectivity index (χ0) is 17.8. The van der Waals surface area contributed by atoms with Gasteiger partial charge in [-0.3, -0.25) is 14.9 Å². The molecule has 1 N–H and O–H groups in total. The third-order valence-electron chi connectivity index (χ3n) is 3.42. The SMILES string of the molecule is Cc1cc([N+](=O)[O-])ccc1-c1ccc(/C=N\NC(=O)c2cccs2)o1. The number of hydrazone groups is 1. The molecule has 126 valence electrons. The molecule has 0 aliphatic carbocycles. The number of carbonyl (C=O) groups excluding carboxylic acids is 1. The molecule has 0 atom stereocenters. The lowest BCUT2D eigenvalue weighted by Crippen LogP contribution is -2.15. The van der Waals surface area contributed by atoms with E-state index >= 15 is 0 Å². The van der Waals surface area contributed by atoms with Crippen molar-refractivity contribution < 1.29 is 14.1 Å². The van der Waals surface area contributed by atoms with E-state index < -0.39 is 4.92 Å². The van der Waals surface area contributed by atoms with Gasteiger partial charge in [-0.15, -0.1) is 11.3 Å². The van der Waals surface area contributed by atoms with Crippen LogP contribution in [-0.2, 0) is 0 Å². The average Bonchev–Trinajstić information content (AvgIpc) is 3.26. The number of amides is 1. The molecule has 0 aliphatic rings. The normalized spacial score (nSPS) is 10.9. The number of rotatable bonds is 5. The number of nitro groups is 1. The van der Waals surface area contributed by atoms with Crippen molar-refractivity contribution in [3.05, 3.63) is 74.2 Å². The Balaban J connectivity index is 1.71. The first-order valence-electron chi connectivity index (χ1n) is 7.27. The lowest BCUT2D eigenvalue weighted by molar-refractivity contribution is -0.384. The number of benzene rings is 1. The number of aryl methyl sites for hydroxylation is 1. The number of carbonyl (C=O) groups is 1. The lowest BCUT2D eigenvalue weighted by atomic mass is 10.1. The summed E-state index contributed by atoms with van der Waals surface area (Å²) in [7, 11) is 0. The van der Waals surface area contributed by atoms with Gasteiger partial charge in [0.05, 0.1) is 16.0 Å². The van der Waals surface area contributed by atoms with Crippen molar-refractivity contribution in [1.29, 1.82) is 0 Å². The number of non-ortho nitro benzene ring substituents is 1. The topological polar surface area (TPSA) is 97.7 Å².